The molecule has 2 saturated heterocycles. The molecule has 1 N–H and O–H groups in total. The molecule has 0 radical (unpaired) electrons. The monoisotopic (exact) mass is 532 g/mol. The van der Waals surface area contributed by atoms with Crippen molar-refractivity contribution in [1.82, 2.24) is 29.7 Å². The number of nitrogens with zero attached hydrogens (tertiary/aromatic N) is 7. The van der Waals surface area contributed by atoms with Crippen molar-refractivity contribution >= 4 is 34.8 Å². The third-order valence-corrected chi connectivity index (χ3v) is 6.74. The van der Waals surface area contributed by atoms with E-state index in [-0.39, 0.29) is 48.2 Å². The summed E-state index contributed by atoms with van der Waals surface area (Å²) in [5.74, 6) is -0.948. The second-order valence-corrected chi connectivity index (χ2v) is 9.90. The van der Waals surface area contributed by atoms with Crippen LogP contribution in [-0.2, 0) is 17.9 Å². The second-order valence-electron chi connectivity index (χ2n) is 9.90. The van der Waals surface area contributed by atoms with Crippen molar-refractivity contribution in [3.8, 4) is 6.07 Å². The van der Waals surface area contributed by atoms with Gasteiger partial charge < -0.3 is 15.1 Å². The molecule has 2 fully saturated rings. The van der Waals surface area contributed by atoms with E-state index in [2.05, 4.69) is 15.3 Å². The van der Waals surface area contributed by atoms with Gasteiger partial charge >= 0.3 is 6.03 Å². The van der Waals surface area contributed by atoms with Crippen LogP contribution >= 0.6 is 0 Å². The lowest BCUT2D eigenvalue weighted by Crippen LogP contribution is -2.60. The fourth-order valence-corrected chi connectivity index (χ4v) is 4.57. The summed E-state index contributed by atoms with van der Waals surface area (Å²) in [6.45, 7) is 1.72. The number of likely N-dealkylation sites (N-methyl/N-ethyl adjacent to an activating group) is 1. The highest BCUT2D eigenvalue weighted by Crippen LogP contribution is 2.25. The Bertz CT molecular complexity index is 1590. The highest BCUT2D eigenvalue weighted by Gasteiger charge is 2.41. The Labute approximate surface area is 222 Å². The lowest BCUT2D eigenvalue weighted by molar-refractivity contribution is -0.144. The van der Waals surface area contributed by atoms with E-state index < -0.39 is 29.6 Å². The Hall–Kier alpha value is -4.86. The van der Waals surface area contributed by atoms with Gasteiger partial charge in [0.1, 0.15) is 23.3 Å². The maximum Gasteiger partial charge on any atom is 0.325 e. The lowest BCUT2D eigenvalue weighted by Gasteiger charge is -2.42. The average molecular weight is 533 g/mol. The van der Waals surface area contributed by atoms with Crippen LogP contribution in [-0.4, -0.2) is 81.1 Å². The standard InChI is InChI=1S/C26H25FN8O4/c1-26(27)14-33(15-26)21(36)13-35-22-19(31-20(12-29-22)34-8-7-32(2)25(34)39)9-18(24(35)38)23(37)30-11-17-5-3-16(10-28)4-6-17/h3-6,9,12H,7-8,11,13-15H2,1-2H3,(H,30,37). The van der Waals surface area contributed by atoms with Crippen molar-refractivity contribution in [2.45, 2.75) is 25.7 Å². The van der Waals surface area contributed by atoms with Gasteiger partial charge in [0.2, 0.25) is 5.91 Å². The number of alkyl halides is 1. The summed E-state index contributed by atoms with van der Waals surface area (Å²) in [4.78, 5) is 64.9. The highest BCUT2D eigenvalue weighted by molar-refractivity contribution is 5.97. The smallest absolute Gasteiger partial charge is 0.325 e. The third kappa shape index (κ3) is 5.00. The summed E-state index contributed by atoms with van der Waals surface area (Å²) in [7, 11) is 1.66. The molecule has 0 bridgehead atoms. The first kappa shape index (κ1) is 25.8. The molecule has 3 aromatic rings. The molecular weight excluding hydrogens is 507 g/mol. The molecule has 2 aliphatic heterocycles. The van der Waals surface area contributed by atoms with Crippen molar-refractivity contribution < 1.29 is 18.8 Å². The number of fused-ring (bicyclic) bond motifs is 1. The topological polar surface area (TPSA) is 145 Å². The third-order valence-electron chi connectivity index (χ3n) is 6.74. The number of amides is 4. The van der Waals surface area contributed by atoms with Crippen LogP contribution in [0.3, 0.4) is 0 Å². The average Bonchev–Trinajstić information content (AvgIpc) is 3.24. The zero-order valence-electron chi connectivity index (χ0n) is 21.3. The van der Waals surface area contributed by atoms with Gasteiger partial charge in [-0.15, -0.1) is 0 Å². The normalized spacial score (nSPS) is 16.3. The Kier molecular flexibility index (Phi) is 6.47. The van der Waals surface area contributed by atoms with Gasteiger partial charge in [-0.2, -0.15) is 5.26 Å². The number of anilines is 1. The number of hydrogen-bond donors (Lipinski definition) is 1. The van der Waals surface area contributed by atoms with Crippen LogP contribution in [0.15, 0.2) is 41.3 Å². The van der Waals surface area contributed by atoms with Crippen LogP contribution in [0.4, 0.5) is 15.0 Å². The minimum absolute atomic E-state index is 0.0595. The van der Waals surface area contributed by atoms with E-state index in [1.54, 1.807) is 31.3 Å². The van der Waals surface area contributed by atoms with Crippen LogP contribution in [0.1, 0.15) is 28.4 Å². The van der Waals surface area contributed by atoms with E-state index in [1.807, 2.05) is 6.07 Å². The van der Waals surface area contributed by atoms with Crippen LogP contribution in [0.5, 0.6) is 0 Å². The maximum atomic E-state index is 14.0. The summed E-state index contributed by atoms with van der Waals surface area (Å²) in [5.41, 5.74) is -1.12. The molecule has 2 aliphatic rings. The van der Waals surface area contributed by atoms with Crippen LogP contribution < -0.4 is 15.8 Å². The zero-order valence-corrected chi connectivity index (χ0v) is 21.3. The SMILES string of the molecule is CN1CCN(c2cnc3c(cc(C(=O)NCc4ccc(C#N)cc4)c(=O)n3CC(=O)N3CC(C)(F)C3)n2)C1=O. The Morgan fingerprint density at radius 3 is 2.51 bits per heavy atom. The van der Waals surface area contributed by atoms with Crippen molar-refractivity contribution in [1.29, 1.82) is 5.26 Å². The molecule has 0 atom stereocenters. The highest BCUT2D eigenvalue weighted by atomic mass is 19.1. The van der Waals surface area contributed by atoms with Gasteiger partial charge in [-0.1, -0.05) is 12.1 Å². The molecule has 2 aromatic heterocycles. The van der Waals surface area contributed by atoms with Gasteiger partial charge in [0.05, 0.1) is 30.9 Å². The summed E-state index contributed by atoms with van der Waals surface area (Å²) >= 11 is 0. The number of likely N-dealkylation sites (tertiary alicyclic amines) is 1. The fourth-order valence-electron chi connectivity index (χ4n) is 4.57. The van der Waals surface area contributed by atoms with Gasteiger partial charge in [-0.3, -0.25) is 23.9 Å². The summed E-state index contributed by atoms with van der Waals surface area (Å²) in [6, 6.07) is 9.64. The number of carbonyl (C=O) groups is 3. The van der Waals surface area contributed by atoms with Crippen LogP contribution in [0, 0.1) is 11.3 Å². The summed E-state index contributed by atoms with van der Waals surface area (Å²) in [5, 5.41) is 11.6. The minimum atomic E-state index is -1.49. The molecule has 200 valence electrons. The first-order chi connectivity index (χ1) is 18.6. The molecule has 39 heavy (non-hydrogen) atoms. The summed E-state index contributed by atoms with van der Waals surface area (Å²) in [6.07, 6.45) is 1.34. The van der Waals surface area contributed by atoms with Crippen molar-refractivity contribution in [2.24, 2.45) is 0 Å². The van der Waals surface area contributed by atoms with E-state index in [0.29, 0.717) is 24.2 Å². The molecule has 0 unspecified atom stereocenters. The molecule has 4 heterocycles. The Balaban J connectivity index is 1.49. The van der Waals surface area contributed by atoms with Gasteiger partial charge in [-0.05, 0) is 30.7 Å². The molecule has 4 amide bonds. The van der Waals surface area contributed by atoms with Gasteiger partial charge in [0, 0.05) is 26.7 Å². The first-order valence-electron chi connectivity index (χ1n) is 12.2. The Morgan fingerprint density at radius 1 is 1.18 bits per heavy atom. The number of hydrogen-bond acceptors (Lipinski definition) is 7. The van der Waals surface area contributed by atoms with Crippen molar-refractivity contribution in [3.05, 3.63) is 63.6 Å². The van der Waals surface area contributed by atoms with Crippen LogP contribution in [0.25, 0.3) is 11.2 Å². The van der Waals surface area contributed by atoms with E-state index in [4.69, 9.17) is 5.26 Å². The number of nitrogens with one attached hydrogen (secondary N) is 1. The predicted molar refractivity (Wildman–Crippen MR) is 138 cm³/mol. The van der Waals surface area contributed by atoms with E-state index >= 15 is 0 Å². The van der Waals surface area contributed by atoms with Gasteiger partial charge in [0.25, 0.3) is 11.5 Å². The number of halogens is 1. The lowest BCUT2D eigenvalue weighted by atomic mass is 9.99. The Morgan fingerprint density at radius 2 is 1.90 bits per heavy atom. The number of carbonyl (C=O) groups excluding carboxylic acids is 3. The zero-order chi connectivity index (χ0) is 27.9. The van der Waals surface area contributed by atoms with E-state index in [1.165, 1.54) is 33.9 Å². The minimum Gasteiger partial charge on any atom is -0.348 e. The molecule has 13 heteroatoms. The van der Waals surface area contributed by atoms with Crippen molar-refractivity contribution in [3.63, 3.8) is 0 Å². The largest absolute Gasteiger partial charge is 0.348 e. The molecule has 0 spiro atoms. The molecule has 0 saturated carbocycles. The number of nitriles is 1. The molecule has 0 aliphatic carbocycles. The van der Waals surface area contributed by atoms with Gasteiger partial charge in [-0.25, -0.2) is 19.2 Å². The number of benzene rings is 1. The number of pyridine rings is 1. The van der Waals surface area contributed by atoms with E-state index in [9.17, 15) is 23.6 Å². The van der Waals surface area contributed by atoms with Crippen LogP contribution in [0.2, 0.25) is 0 Å². The number of urea groups is 1. The quantitative estimate of drug-likeness (QED) is 0.499. The molecule has 5 rings (SSSR count). The molecule has 1 aromatic carbocycles. The van der Waals surface area contributed by atoms with Gasteiger partial charge in [0.15, 0.2) is 11.5 Å². The number of rotatable bonds is 6. The summed E-state index contributed by atoms with van der Waals surface area (Å²) < 4.78 is 15.0. The van der Waals surface area contributed by atoms with Crippen molar-refractivity contribution in [2.75, 3.05) is 38.1 Å². The first-order valence-corrected chi connectivity index (χ1v) is 12.2. The predicted octanol–water partition coefficient (Wildman–Crippen LogP) is 1.04. The molecular formula is C26H25FN8O4. The second kappa shape index (κ2) is 9.79. The van der Waals surface area contributed by atoms with E-state index in [0.717, 1.165) is 4.57 Å². The maximum absolute atomic E-state index is 14.0. The molecule has 12 nitrogen and oxygen atoms in total. The number of aromatic nitrogens is 3. The fraction of sp³-hybridized carbons (Fsp3) is 0.346.